The molecule has 0 bridgehead atoms. The maximum Gasteiger partial charge on any atom is 0.315 e. The zero-order valence-electron chi connectivity index (χ0n) is 11.8. The number of aryl methyl sites for hydroxylation is 1. The molecule has 0 saturated heterocycles. The smallest absolute Gasteiger partial charge is 0.315 e. The number of thiazole rings is 1. The highest BCUT2D eigenvalue weighted by Crippen LogP contribution is 2.39. The molecule has 6 nitrogen and oxygen atoms in total. The number of hydrogen-bond acceptors (Lipinski definition) is 7. The van der Waals surface area contributed by atoms with E-state index in [4.69, 9.17) is 9.47 Å². The Labute approximate surface area is 126 Å². The van der Waals surface area contributed by atoms with Gasteiger partial charge in [0, 0.05) is 10.9 Å². The van der Waals surface area contributed by atoms with Crippen LogP contribution in [0.5, 0.6) is 5.88 Å². The maximum absolute atomic E-state index is 11.9. The molecule has 0 fully saturated rings. The first-order chi connectivity index (χ1) is 10.2. The third-order valence-corrected chi connectivity index (χ3v) is 4.51. The summed E-state index contributed by atoms with van der Waals surface area (Å²) in [5, 5.41) is 8.82. The second kappa shape index (κ2) is 5.77. The van der Waals surface area contributed by atoms with Gasteiger partial charge in [-0.1, -0.05) is 0 Å². The number of ether oxygens (including phenoxy) is 2. The molecule has 3 rings (SSSR count). The highest BCUT2D eigenvalue weighted by molar-refractivity contribution is 7.15. The van der Waals surface area contributed by atoms with Crippen molar-refractivity contribution >= 4 is 17.3 Å². The number of rotatable bonds is 4. The normalized spacial score (nSPS) is 16.6. The Hall–Kier alpha value is -2.02. The van der Waals surface area contributed by atoms with Gasteiger partial charge in [0.05, 0.1) is 19.4 Å². The van der Waals surface area contributed by atoms with Crippen molar-refractivity contribution in [1.82, 2.24) is 15.2 Å². The van der Waals surface area contributed by atoms with E-state index in [0.717, 1.165) is 28.4 Å². The standard InChI is InChI=1S/C14H15N3O3S/c1-3-20-14(18)8-4-6-10-12(8)15-13(21-10)9-5-7-11(19-2)17-16-9/h5,7-8H,3-4,6H2,1-2H3. The van der Waals surface area contributed by atoms with Gasteiger partial charge in [0.25, 0.3) is 0 Å². The monoisotopic (exact) mass is 305 g/mol. The average Bonchev–Trinajstić information content (AvgIpc) is 3.07. The van der Waals surface area contributed by atoms with Crippen molar-refractivity contribution in [3.05, 3.63) is 22.7 Å². The van der Waals surface area contributed by atoms with Crippen molar-refractivity contribution in [1.29, 1.82) is 0 Å². The molecule has 1 aliphatic rings. The summed E-state index contributed by atoms with van der Waals surface area (Å²) in [5.41, 5.74) is 1.53. The molecule has 1 aliphatic carbocycles. The fourth-order valence-electron chi connectivity index (χ4n) is 2.35. The second-order valence-corrected chi connectivity index (χ2v) is 5.72. The van der Waals surface area contributed by atoms with Crippen molar-refractivity contribution in [2.24, 2.45) is 0 Å². The van der Waals surface area contributed by atoms with E-state index < -0.39 is 0 Å². The van der Waals surface area contributed by atoms with E-state index in [9.17, 15) is 4.79 Å². The van der Waals surface area contributed by atoms with E-state index in [-0.39, 0.29) is 11.9 Å². The first-order valence-electron chi connectivity index (χ1n) is 6.77. The molecule has 1 atom stereocenters. The SMILES string of the molecule is CCOC(=O)C1CCc2sc(-c3ccc(OC)nn3)nc21. The maximum atomic E-state index is 11.9. The van der Waals surface area contributed by atoms with Gasteiger partial charge in [0.1, 0.15) is 16.6 Å². The largest absolute Gasteiger partial charge is 0.480 e. The van der Waals surface area contributed by atoms with Crippen LogP contribution in [-0.2, 0) is 16.0 Å². The molecule has 7 heteroatoms. The minimum absolute atomic E-state index is 0.186. The third-order valence-electron chi connectivity index (χ3n) is 3.36. The van der Waals surface area contributed by atoms with Crippen LogP contribution in [0.15, 0.2) is 12.1 Å². The Morgan fingerprint density at radius 3 is 2.95 bits per heavy atom. The predicted molar refractivity (Wildman–Crippen MR) is 77.4 cm³/mol. The van der Waals surface area contributed by atoms with Crippen molar-refractivity contribution in [3.63, 3.8) is 0 Å². The molecule has 21 heavy (non-hydrogen) atoms. The van der Waals surface area contributed by atoms with Gasteiger partial charge in [0.15, 0.2) is 0 Å². The molecular formula is C14H15N3O3S. The van der Waals surface area contributed by atoms with Crippen LogP contribution < -0.4 is 4.74 Å². The van der Waals surface area contributed by atoms with E-state index in [1.807, 2.05) is 13.0 Å². The van der Waals surface area contributed by atoms with Crippen LogP contribution in [0, 0.1) is 0 Å². The minimum Gasteiger partial charge on any atom is -0.480 e. The lowest BCUT2D eigenvalue weighted by atomic mass is 10.1. The zero-order chi connectivity index (χ0) is 14.8. The molecular weight excluding hydrogens is 290 g/mol. The van der Waals surface area contributed by atoms with Crippen molar-refractivity contribution in [2.45, 2.75) is 25.7 Å². The van der Waals surface area contributed by atoms with Gasteiger partial charge in [0.2, 0.25) is 5.88 Å². The summed E-state index contributed by atoms with van der Waals surface area (Å²) in [5.74, 6) is 0.0392. The van der Waals surface area contributed by atoms with E-state index in [2.05, 4.69) is 15.2 Å². The number of esters is 1. The van der Waals surface area contributed by atoms with Gasteiger partial charge in [-0.15, -0.1) is 21.5 Å². The first-order valence-corrected chi connectivity index (χ1v) is 7.59. The highest BCUT2D eigenvalue weighted by atomic mass is 32.1. The average molecular weight is 305 g/mol. The van der Waals surface area contributed by atoms with Gasteiger partial charge >= 0.3 is 5.97 Å². The minimum atomic E-state index is -0.240. The van der Waals surface area contributed by atoms with Gasteiger partial charge in [-0.2, -0.15) is 0 Å². The lowest BCUT2D eigenvalue weighted by Crippen LogP contribution is -2.14. The summed E-state index contributed by atoms with van der Waals surface area (Å²) >= 11 is 1.57. The molecule has 0 saturated carbocycles. The van der Waals surface area contributed by atoms with Crippen molar-refractivity contribution < 1.29 is 14.3 Å². The molecule has 1 unspecified atom stereocenters. The van der Waals surface area contributed by atoms with Crippen LogP contribution in [0.2, 0.25) is 0 Å². The molecule has 2 heterocycles. The number of carbonyl (C=O) groups is 1. The van der Waals surface area contributed by atoms with Crippen molar-refractivity contribution in [3.8, 4) is 16.6 Å². The molecule has 0 amide bonds. The molecule has 0 N–H and O–H groups in total. The van der Waals surface area contributed by atoms with Gasteiger partial charge in [-0.3, -0.25) is 4.79 Å². The summed E-state index contributed by atoms with van der Waals surface area (Å²) in [6.45, 7) is 2.21. The fourth-order valence-corrected chi connectivity index (χ4v) is 3.46. The Morgan fingerprint density at radius 2 is 2.29 bits per heavy atom. The summed E-state index contributed by atoms with van der Waals surface area (Å²) in [7, 11) is 1.55. The molecule has 0 aromatic carbocycles. The fraction of sp³-hybridized carbons (Fsp3) is 0.429. The van der Waals surface area contributed by atoms with Gasteiger partial charge in [-0.25, -0.2) is 4.98 Å². The van der Waals surface area contributed by atoms with Crippen LogP contribution in [0.3, 0.4) is 0 Å². The Bertz CT molecular complexity index is 654. The van der Waals surface area contributed by atoms with Crippen LogP contribution in [-0.4, -0.2) is 34.9 Å². The third kappa shape index (κ3) is 2.61. The Balaban J connectivity index is 1.87. The molecule has 2 aromatic heterocycles. The van der Waals surface area contributed by atoms with Gasteiger partial charge in [-0.05, 0) is 25.8 Å². The van der Waals surface area contributed by atoms with Gasteiger partial charge < -0.3 is 9.47 Å². The van der Waals surface area contributed by atoms with E-state index in [1.54, 1.807) is 24.5 Å². The Kier molecular flexibility index (Phi) is 3.83. The van der Waals surface area contributed by atoms with Crippen molar-refractivity contribution in [2.75, 3.05) is 13.7 Å². The topological polar surface area (TPSA) is 74.2 Å². The van der Waals surface area contributed by atoms with E-state index in [1.165, 1.54) is 0 Å². The number of fused-ring (bicyclic) bond motifs is 1. The lowest BCUT2D eigenvalue weighted by Gasteiger charge is -2.07. The van der Waals surface area contributed by atoms with Crippen LogP contribution in [0.1, 0.15) is 29.8 Å². The highest BCUT2D eigenvalue weighted by Gasteiger charge is 2.33. The molecule has 2 aromatic rings. The summed E-state index contributed by atoms with van der Waals surface area (Å²) in [4.78, 5) is 17.7. The lowest BCUT2D eigenvalue weighted by molar-refractivity contribution is -0.145. The quantitative estimate of drug-likeness (QED) is 0.806. The summed E-state index contributed by atoms with van der Waals surface area (Å²) in [6, 6.07) is 3.57. The number of nitrogens with zero attached hydrogens (tertiary/aromatic N) is 3. The van der Waals surface area contributed by atoms with E-state index in [0.29, 0.717) is 18.2 Å². The molecule has 0 spiro atoms. The summed E-state index contributed by atoms with van der Waals surface area (Å²) < 4.78 is 10.1. The molecule has 0 aliphatic heterocycles. The van der Waals surface area contributed by atoms with E-state index >= 15 is 0 Å². The number of methoxy groups -OCH3 is 1. The summed E-state index contributed by atoms with van der Waals surface area (Å²) in [6.07, 6.45) is 1.64. The number of hydrogen-bond donors (Lipinski definition) is 0. The number of aromatic nitrogens is 3. The van der Waals surface area contributed by atoms with Crippen LogP contribution in [0.4, 0.5) is 0 Å². The van der Waals surface area contributed by atoms with Crippen LogP contribution >= 0.6 is 11.3 Å². The predicted octanol–water partition coefficient (Wildman–Crippen LogP) is 2.20. The second-order valence-electron chi connectivity index (χ2n) is 4.63. The first kappa shape index (κ1) is 13.9. The molecule has 110 valence electrons. The zero-order valence-corrected chi connectivity index (χ0v) is 12.6. The molecule has 0 radical (unpaired) electrons. The number of carbonyl (C=O) groups excluding carboxylic acids is 1. The Morgan fingerprint density at radius 1 is 1.43 bits per heavy atom. The van der Waals surface area contributed by atoms with Crippen LogP contribution in [0.25, 0.3) is 10.7 Å².